The van der Waals surface area contributed by atoms with Crippen LogP contribution >= 0.6 is 11.3 Å². The number of thiazole rings is 1. The smallest absolute Gasteiger partial charge is 0.424 e. The summed E-state index contributed by atoms with van der Waals surface area (Å²) in [6.45, 7) is 2.16. The molecule has 2 heterocycles. The second-order valence-corrected chi connectivity index (χ2v) is 7.93. The number of piperidine rings is 1. The molecule has 1 aromatic heterocycles. The van der Waals surface area contributed by atoms with Crippen LogP contribution in [0.15, 0.2) is 29.6 Å². The summed E-state index contributed by atoms with van der Waals surface area (Å²) in [5.74, 6) is -0.398. The van der Waals surface area contributed by atoms with E-state index in [0.717, 1.165) is 5.56 Å². The highest BCUT2D eigenvalue weighted by molar-refractivity contribution is 7.09. The van der Waals surface area contributed by atoms with E-state index in [9.17, 15) is 28.2 Å². The summed E-state index contributed by atoms with van der Waals surface area (Å²) in [4.78, 5) is 17.7. The largest absolute Gasteiger partial charge is 0.508 e. The maximum Gasteiger partial charge on any atom is 0.424 e. The summed E-state index contributed by atoms with van der Waals surface area (Å²) in [6, 6.07) is 6.80. The number of phenolic OH excluding ortho intramolecular Hbond substituents is 1. The van der Waals surface area contributed by atoms with Crippen molar-refractivity contribution >= 4 is 17.2 Å². The zero-order valence-electron chi connectivity index (χ0n) is 15.2. The molecule has 0 radical (unpaired) electrons. The molecule has 0 aliphatic carbocycles. The number of aryl methyl sites for hydroxylation is 1. The number of aromatic nitrogens is 1. The average Bonchev–Trinajstić information content (AvgIpc) is 3.08. The van der Waals surface area contributed by atoms with Crippen molar-refractivity contribution in [2.45, 2.75) is 43.9 Å². The molecule has 1 fully saturated rings. The van der Waals surface area contributed by atoms with Crippen LogP contribution in [-0.4, -0.2) is 45.3 Å². The molecule has 1 amide bonds. The lowest BCUT2D eigenvalue weighted by atomic mass is 9.89. The van der Waals surface area contributed by atoms with Crippen molar-refractivity contribution in [3.8, 4) is 5.75 Å². The van der Waals surface area contributed by atoms with Crippen LogP contribution < -0.4 is 0 Å². The lowest BCUT2D eigenvalue weighted by Gasteiger charge is -2.35. The predicted molar refractivity (Wildman–Crippen MR) is 98.1 cm³/mol. The van der Waals surface area contributed by atoms with Gasteiger partial charge in [0.2, 0.25) is 11.5 Å². The molecule has 1 aromatic carbocycles. The molecular weight excluding hydrogens is 393 g/mol. The highest BCUT2D eigenvalue weighted by atomic mass is 32.1. The summed E-state index contributed by atoms with van der Waals surface area (Å²) >= 11 is 0.699. The number of aliphatic hydroxyl groups is 1. The minimum atomic E-state index is -5.00. The number of alkyl halides is 3. The van der Waals surface area contributed by atoms with Gasteiger partial charge >= 0.3 is 6.18 Å². The molecule has 1 saturated heterocycles. The third kappa shape index (κ3) is 4.15. The number of benzene rings is 1. The number of amides is 1. The first-order valence-electron chi connectivity index (χ1n) is 8.88. The second-order valence-electron chi connectivity index (χ2n) is 7.08. The fraction of sp³-hybridized carbons (Fsp3) is 0.474. The van der Waals surface area contributed by atoms with Crippen LogP contribution in [0.5, 0.6) is 5.75 Å². The summed E-state index contributed by atoms with van der Waals surface area (Å²) in [6.07, 6.45) is -4.86. The number of rotatable bonds is 4. The first kappa shape index (κ1) is 20.6. The van der Waals surface area contributed by atoms with Gasteiger partial charge < -0.3 is 15.1 Å². The zero-order valence-corrected chi connectivity index (χ0v) is 16.1. The van der Waals surface area contributed by atoms with Gasteiger partial charge in [-0.05, 0) is 43.4 Å². The Labute approximate surface area is 164 Å². The molecular formula is C19H21F3N2O3S. The molecule has 2 N–H and O–H groups in total. The van der Waals surface area contributed by atoms with Crippen molar-refractivity contribution in [2.75, 3.05) is 13.1 Å². The number of likely N-dealkylation sites (tertiary alicyclic amines) is 1. The molecule has 1 atom stereocenters. The molecule has 152 valence electrons. The molecule has 1 aliphatic rings. The van der Waals surface area contributed by atoms with Crippen molar-refractivity contribution < 1.29 is 28.2 Å². The van der Waals surface area contributed by atoms with Crippen LogP contribution in [0.4, 0.5) is 13.2 Å². The van der Waals surface area contributed by atoms with Crippen LogP contribution in [-0.2, 0) is 10.4 Å². The SMILES string of the molecule is Cc1csc(C(O)(CC(=O)N2CCC(c3ccc(O)cc3)CC2)C(F)(F)F)n1. The van der Waals surface area contributed by atoms with Crippen molar-refractivity contribution in [2.24, 2.45) is 0 Å². The van der Waals surface area contributed by atoms with Crippen LogP contribution in [0.3, 0.4) is 0 Å². The Hall–Kier alpha value is -2.13. The van der Waals surface area contributed by atoms with Crippen molar-refractivity contribution in [1.29, 1.82) is 0 Å². The molecule has 1 aliphatic heterocycles. The monoisotopic (exact) mass is 414 g/mol. The number of nitrogens with zero attached hydrogens (tertiary/aromatic N) is 2. The fourth-order valence-electron chi connectivity index (χ4n) is 3.38. The van der Waals surface area contributed by atoms with E-state index in [1.165, 1.54) is 17.2 Å². The number of aromatic hydroxyl groups is 1. The van der Waals surface area contributed by atoms with E-state index in [0.29, 0.717) is 43.0 Å². The average molecular weight is 414 g/mol. The van der Waals surface area contributed by atoms with Crippen LogP contribution in [0, 0.1) is 6.92 Å². The highest BCUT2D eigenvalue weighted by Gasteiger charge is 2.58. The Morgan fingerprint density at radius 2 is 1.86 bits per heavy atom. The van der Waals surface area contributed by atoms with Crippen molar-refractivity contribution in [1.82, 2.24) is 9.88 Å². The maximum absolute atomic E-state index is 13.6. The van der Waals surface area contributed by atoms with E-state index in [4.69, 9.17) is 0 Å². The van der Waals surface area contributed by atoms with Gasteiger partial charge in [-0.25, -0.2) is 4.98 Å². The quantitative estimate of drug-likeness (QED) is 0.800. The minimum absolute atomic E-state index is 0.167. The van der Waals surface area contributed by atoms with Crippen LogP contribution in [0.1, 0.15) is 41.4 Å². The van der Waals surface area contributed by atoms with Gasteiger partial charge in [0.05, 0.1) is 6.42 Å². The Balaban J connectivity index is 1.68. The molecule has 5 nitrogen and oxygen atoms in total. The molecule has 28 heavy (non-hydrogen) atoms. The number of carbonyl (C=O) groups excluding carboxylic acids is 1. The van der Waals surface area contributed by atoms with Gasteiger partial charge in [-0.15, -0.1) is 11.3 Å². The molecule has 0 saturated carbocycles. The Kier molecular flexibility index (Phi) is 5.67. The third-order valence-electron chi connectivity index (χ3n) is 5.06. The van der Waals surface area contributed by atoms with Gasteiger partial charge in [-0.3, -0.25) is 4.79 Å². The van der Waals surface area contributed by atoms with E-state index in [-0.39, 0.29) is 11.7 Å². The fourth-order valence-corrected chi connectivity index (χ4v) is 4.29. The second kappa shape index (κ2) is 7.71. The maximum atomic E-state index is 13.6. The summed E-state index contributed by atoms with van der Waals surface area (Å²) in [5.41, 5.74) is -1.89. The number of carbonyl (C=O) groups is 1. The minimum Gasteiger partial charge on any atom is -0.508 e. The van der Waals surface area contributed by atoms with E-state index in [1.807, 2.05) is 12.1 Å². The van der Waals surface area contributed by atoms with Gasteiger partial charge in [0.1, 0.15) is 10.8 Å². The van der Waals surface area contributed by atoms with E-state index < -0.39 is 29.1 Å². The topological polar surface area (TPSA) is 73.7 Å². The summed E-state index contributed by atoms with van der Waals surface area (Å²) in [5, 5.41) is 20.6. The molecule has 0 spiro atoms. The number of hydrogen-bond acceptors (Lipinski definition) is 5. The normalized spacial score (nSPS) is 18.1. The van der Waals surface area contributed by atoms with Gasteiger partial charge in [0.15, 0.2) is 0 Å². The predicted octanol–water partition coefficient (Wildman–Crippen LogP) is 3.70. The third-order valence-corrected chi connectivity index (χ3v) is 6.17. The van der Waals surface area contributed by atoms with E-state index in [2.05, 4.69) is 4.98 Å². The van der Waals surface area contributed by atoms with Gasteiger partial charge in [-0.1, -0.05) is 12.1 Å². The van der Waals surface area contributed by atoms with Crippen molar-refractivity contribution in [3.05, 3.63) is 45.9 Å². The van der Waals surface area contributed by atoms with Gasteiger partial charge in [0.25, 0.3) is 0 Å². The zero-order chi connectivity index (χ0) is 20.5. The Bertz CT molecular complexity index is 830. The molecule has 9 heteroatoms. The molecule has 2 aromatic rings. The van der Waals surface area contributed by atoms with Crippen molar-refractivity contribution in [3.63, 3.8) is 0 Å². The first-order chi connectivity index (χ1) is 13.1. The van der Waals surface area contributed by atoms with E-state index in [1.54, 1.807) is 12.1 Å². The Morgan fingerprint density at radius 3 is 2.36 bits per heavy atom. The lowest BCUT2D eigenvalue weighted by Crippen LogP contribution is -2.48. The van der Waals surface area contributed by atoms with Crippen LogP contribution in [0.25, 0.3) is 0 Å². The number of halogens is 3. The number of phenols is 1. The van der Waals surface area contributed by atoms with Crippen LogP contribution in [0.2, 0.25) is 0 Å². The molecule has 1 unspecified atom stereocenters. The van der Waals surface area contributed by atoms with Gasteiger partial charge in [-0.2, -0.15) is 13.2 Å². The summed E-state index contributed by atoms with van der Waals surface area (Å²) in [7, 11) is 0. The molecule has 0 bridgehead atoms. The highest BCUT2D eigenvalue weighted by Crippen LogP contribution is 2.43. The summed E-state index contributed by atoms with van der Waals surface area (Å²) < 4.78 is 40.7. The molecule has 3 rings (SSSR count). The van der Waals surface area contributed by atoms with E-state index >= 15 is 0 Å². The Morgan fingerprint density at radius 1 is 1.25 bits per heavy atom. The first-order valence-corrected chi connectivity index (χ1v) is 9.76. The lowest BCUT2D eigenvalue weighted by molar-refractivity contribution is -0.268. The standard InChI is InChI=1S/C19H21F3N2O3S/c1-12-11-28-17(23-12)18(27,19(20,21)22)10-16(26)24-8-6-14(7-9-24)13-2-4-15(25)5-3-13/h2-5,11,14,25,27H,6-10H2,1H3. The number of hydrogen-bond donors (Lipinski definition) is 2. The van der Waals surface area contributed by atoms with Gasteiger partial charge in [0, 0.05) is 24.2 Å².